The minimum absolute atomic E-state index is 0.209. The molecule has 0 spiro atoms. The van der Waals surface area contributed by atoms with E-state index in [2.05, 4.69) is 21.2 Å². The number of carboxylic acids is 1. The predicted molar refractivity (Wildman–Crippen MR) is 63.6 cm³/mol. The van der Waals surface area contributed by atoms with Crippen LogP contribution in [0.5, 0.6) is 0 Å². The highest BCUT2D eigenvalue weighted by Gasteiger charge is 2.49. The zero-order valence-corrected chi connectivity index (χ0v) is 10.9. The molecule has 0 bridgehead atoms. The normalized spacial score (nSPS) is 29.1. The fourth-order valence-corrected chi connectivity index (χ4v) is 3.61. The first-order chi connectivity index (χ1) is 7.43. The van der Waals surface area contributed by atoms with E-state index in [0.717, 1.165) is 9.35 Å². The number of nitrogens with one attached hydrogen (secondary N) is 1. The molecule has 4 nitrogen and oxygen atoms in total. The molecule has 2 atom stereocenters. The Morgan fingerprint density at radius 3 is 2.94 bits per heavy atom. The van der Waals surface area contributed by atoms with Crippen LogP contribution in [-0.2, 0) is 15.0 Å². The summed E-state index contributed by atoms with van der Waals surface area (Å²) in [6.45, 7) is 1.81. The Morgan fingerprint density at radius 2 is 2.44 bits per heavy atom. The molecule has 1 aliphatic heterocycles. The van der Waals surface area contributed by atoms with Gasteiger partial charge in [0.2, 0.25) is 5.91 Å². The van der Waals surface area contributed by atoms with Crippen molar-refractivity contribution >= 4 is 39.1 Å². The van der Waals surface area contributed by atoms with Crippen molar-refractivity contribution in [2.24, 2.45) is 0 Å². The molecule has 0 saturated carbocycles. The second-order valence-electron chi connectivity index (χ2n) is 4.06. The van der Waals surface area contributed by atoms with Crippen molar-refractivity contribution in [1.29, 1.82) is 0 Å². The number of amides is 1. The van der Waals surface area contributed by atoms with Gasteiger partial charge in [0.05, 0.1) is 0 Å². The summed E-state index contributed by atoms with van der Waals surface area (Å²) >= 11 is 4.80. The number of rotatable bonds is 2. The van der Waals surface area contributed by atoms with Crippen LogP contribution in [0.15, 0.2) is 15.9 Å². The van der Waals surface area contributed by atoms with Crippen LogP contribution >= 0.6 is 27.3 Å². The number of aliphatic carboxylic acids is 1. The Labute approximate surface area is 105 Å². The zero-order valence-electron chi connectivity index (χ0n) is 8.49. The summed E-state index contributed by atoms with van der Waals surface area (Å²) in [6.07, 6.45) is 0.219. The number of carbonyl (C=O) groups is 2. The molecule has 1 amide bonds. The van der Waals surface area contributed by atoms with E-state index in [1.54, 1.807) is 0 Å². The van der Waals surface area contributed by atoms with Gasteiger partial charge in [0.25, 0.3) is 0 Å². The van der Waals surface area contributed by atoms with Gasteiger partial charge in [0.1, 0.15) is 6.04 Å². The smallest absolute Gasteiger partial charge is 0.327 e. The lowest BCUT2D eigenvalue weighted by Crippen LogP contribution is -2.44. The molecule has 86 valence electrons. The second kappa shape index (κ2) is 3.85. The van der Waals surface area contributed by atoms with Gasteiger partial charge in [-0.1, -0.05) is 6.92 Å². The van der Waals surface area contributed by atoms with Crippen molar-refractivity contribution in [3.05, 3.63) is 20.8 Å². The molecule has 16 heavy (non-hydrogen) atoms. The number of hydrogen-bond acceptors (Lipinski definition) is 3. The average Bonchev–Trinajstić information content (AvgIpc) is 2.71. The lowest BCUT2D eigenvalue weighted by Gasteiger charge is -2.25. The van der Waals surface area contributed by atoms with E-state index < -0.39 is 17.4 Å². The lowest BCUT2D eigenvalue weighted by atomic mass is 9.81. The van der Waals surface area contributed by atoms with Crippen LogP contribution in [0, 0.1) is 0 Å². The summed E-state index contributed by atoms with van der Waals surface area (Å²) in [7, 11) is 0. The first kappa shape index (κ1) is 11.6. The number of carbonyl (C=O) groups excluding carboxylic acids is 1. The standard InChI is InChI=1S/C10H10BrNO3S/c1-10(6-2-5(11)4-16-6)3-7(13)12-8(10)9(14)15/h2,4,8H,3H2,1H3,(H,12,13)(H,14,15). The number of thiophene rings is 1. The van der Waals surface area contributed by atoms with Crippen molar-refractivity contribution in [3.8, 4) is 0 Å². The maximum absolute atomic E-state index is 11.4. The summed E-state index contributed by atoms with van der Waals surface area (Å²) in [4.78, 5) is 23.4. The molecule has 1 aromatic rings. The van der Waals surface area contributed by atoms with Gasteiger partial charge in [-0.05, 0) is 22.0 Å². The first-order valence-electron chi connectivity index (χ1n) is 4.70. The van der Waals surface area contributed by atoms with Crippen LogP contribution in [-0.4, -0.2) is 23.0 Å². The maximum atomic E-state index is 11.4. The Bertz CT molecular complexity index is 459. The van der Waals surface area contributed by atoms with Gasteiger partial charge < -0.3 is 10.4 Å². The molecular weight excluding hydrogens is 294 g/mol. The molecule has 0 aliphatic carbocycles. The Morgan fingerprint density at radius 1 is 1.75 bits per heavy atom. The summed E-state index contributed by atoms with van der Waals surface area (Å²) in [6, 6.07) is 1.03. The van der Waals surface area contributed by atoms with Crippen molar-refractivity contribution in [2.45, 2.75) is 24.8 Å². The minimum atomic E-state index is -0.988. The molecule has 2 heterocycles. The number of halogens is 1. The van der Waals surface area contributed by atoms with Crippen LogP contribution in [0.3, 0.4) is 0 Å². The average molecular weight is 304 g/mol. The molecule has 2 rings (SSSR count). The van der Waals surface area contributed by atoms with Crippen molar-refractivity contribution in [3.63, 3.8) is 0 Å². The van der Waals surface area contributed by atoms with E-state index in [1.807, 2.05) is 18.4 Å². The third kappa shape index (κ3) is 1.76. The summed E-state index contributed by atoms with van der Waals surface area (Å²) in [5.41, 5.74) is -0.653. The van der Waals surface area contributed by atoms with Gasteiger partial charge in [0.15, 0.2) is 0 Å². The van der Waals surface area contributed by atoms with Gasteiger partial charge >= 0.3 is 5.97 Å². The summed E-state index contributed by atoms with van der Waals surface area (Å²) in [5, 5.41) is 13.5. The zero-order chi connectivity index (χ0) is 11.9. The van der Waals surface area contributed by atoms with Crippen LogP contribution < -0.4 is 5.32 Å². The van der Waals surface area contributed by atoms with E-state index in [1.165, 1.54) is 11.3 Å². The highest BCUT2D eigenvalue weighted by Crippen LogP contribution is 2.40. The third-order valence-corrected chi connectivity index (χ3v) is 4.82. The Kier molecular flexibility index (Phi) is 2.79. The van der Waals surface area contributed by atoms with Crippen LogP contribution in [0.1, 0.15) is 18.2 Å². The van der Waals surface area contributed by atoms with Gasteiger partial charge in [-0.3, -0.25) is 4.79 Å². The first-order valence-corrected chi connectivity index (χ1v) is 6.37. The SMILES string of the molecule is CC1(c2cc(Br)cs2)CC(=O)NC1C(=O)O. The Balaban J connectivity index is 2.42. The second-order valence-corrected chi connectivity index (χ2v) is 5.89. The van der Waals surface area contributed by atoms with Crippen LogP contribution in [0.2, 0.25) is 0 Å². The lowest BCUT2D eigenvalue weighted by molar-refractivity contribution is -0.141. The molecule has 1 aromatic heterocycles. The van der Waals surface area contributed by atoms with E-state index in [0.29, 0.717) is 0 Å². The number of carboxylic acid groups (broad SMARTS) is 1. The van der Waals surface area contributed by atoms with E-state index in [4.69, 9.17) is 5.11 Å². The molecule has 0 aromatic carbocycles. The summed E-state index contributed by atoms with van der Waals surface area (Å²) in [5.74, 6) is -1.20. The van der Waals surface area contributed by atoms with Gasteiger partial charge in [0, 0.05) is 26.6 Å². The summed E-state index contributed by atoms with van der Waals surface area (Å²) < 4.78 is 0.914. The fourth-order valence-electron chi connectivity index (χ4n) is 1.98. The molecule has 1 fully saturated rings. The Hall–Kier alpha value is -0.880. The van der Waals surface area contributed by atoms with Gasteiger partial charge in [-0.25, -0.2) is 4.79 Å². The van der Waals surface area contributed by atoms with Crippen molar-refractivity contribution in [2.75, 3.05) is 0 Å². The van der Waals surface area contributed by atoms with E-state index >= 15 is 0 Å². The predicted octanol–water partition coefficient (Wildman–Crippen LogP) is 1.74. The quantitative estimate of drug-likeness (QED) is 0.874. The molecule has 2 unspecified atom stereocenters. The third-order valence-electron chi connectivity index (χ3n) is 2.85. The molecular formula is C10H10BrNO3S. The minimum Gasteiger partial charge on any atom is -0.480 e. The largest absolute Gasteiger partial charge is 0.480 e. The van der Waals surface area contributed by atoms with E-state index in [9.17, 15) is 9.59 Å². The molecule has 1 saturated heterocycles. The highest BCUT2D eigenvalue weighted by atomic mass is 79.9. The molecule has 0 radical (unpaired) electrons. The number of hydrogen-bond donors (Lipinski definition) is 2. The van der Waals surface area contributed by atoms with E-state index in [-0.39, 0.29) is 12.3 Å². The topological polar surface area (TPSA) is 66.4 Å². The molecule has 6 heteroatoms. The van der Waals surface area contributed by atoms with Crippen molar-refractivity contribution in [1.82, 2.24) is 5.32 Å². The van der Waals surface area contributed by atoms with Crippen LogP contribution in [0.4, 0.5) is 0 Å². The van der Waals surface area contributed by atoms with Gasteiger partial charge in [-0.2, -0.15) is 0 Å². The van der Waals surface area contributed by atoms with Crippen LogP contribution in [0.25, 0.3) is 0 Å². The van der Waals surface area contributed by atoms with Crippen molar-refractivity contribution < 1.29 is 14.7 Å². The monoisotopic (exact) mass is 303 g/mol. The maximum Gasteiger partial charge on any atom is 0.327 e. The fraction of sp³-hybridized carbons (Fsp3) is 0.400. The highest BCUT2D eigenvalue weighted by molar-refractivity contribution is 9.10. The molecule has 2 N–H and O–H groups in total. The van der Waals surface area contributed by atoms with Gasteiger partial charge in [-0.15, -0.1) is 11.3 Å². The molecule has 1 aliphatic rings.